The summed E-state index contributed by atoms with van der Waals surface area (Å²) >= 11 is 0. The van der Waals surface area contributed by atoms with E-state index in [1.807, 2.05) is 24.3 Å². The fourth-order valence-electron chi connectivity index (χ4n) is 2.95. The zero-order chi connectivity index (χ0) is 15.5. The molecule has 3 rings (SSSR count). The Labute approximate surface area is 131 Å². The number of aromatic nitrogens is 2. The minimum atomic E-state index is 0.757. The van der Waals surface area contributed by atoms with Crippen molar-refractivity contribution in [2.45, 2.75) is 13.8 Å². The quantitative estimate of drug-likeness (QED) is 0.941. The van der Waals surface area contributed by atoms with Crippen LogP contribution in [0.5, 0.6) is 5.75 Å². The highest BCUT2D eigenvalue weighted by Gasteiger charge is 2.18. The van der Waals surface area contributed by atoms with Gasteiger partial charge in [0.25, 0.3) is 0 Å². The molecule has 1 aromatic heterocycles. The molecule has 1 aromatic carbocycles. The van der Waals surface area contributed by atoms with E-state index in [0.717, 1.165) is 54.7 Å². The third kappa shape index (κ3) is 2.90. The Morgan fingerprint density at radius 2 is 1.77 bits per heavy atom. The average molecular weight is 298 g/mol. The summed E-state index contributed by atoms with van der Waals surface area (Å²) in [5.74, 6) is 1.58. The lowest BCUT2D eigenvalue weighted by Crippen LogP contribution is -2.44. The fourth-order valence-corrected chi connectivity index (χ4v) is 2.95. The number of hydrogen-bond donors (Lipinski definition) is 1. The van der Waals surface area contributed by atoms with Crippen molar-refractivity contribution in [1.29, 1.82) is 0 Å². The van der Waals surface area contributed by atoms with E-state index in [1.165, 1.54) is 5.69 Å². The summed E-state index contributed by atoms with van der Waals surface area (Å²) in [7, 11) is 1.67. The van der Waals surface area contributed by atoms with Gasteiger partial charge in [0, 0.05) is 31.7 Å². The predicted octanol–water partition coefficient (Wildman–Crippen LogP) is 2.18. The number of piperazine rings is 1. The van der Waals surface area contributed by atoms with E-state index in [4.69, 9.17) is 14.7 Å². The Kier molecular flexibility index (Phi) is 4.24. The van der Waals surface area contributed by atoms with Gasteiger partial charge in [0.2, 0.25) is 0 Å². The Balaban J connectivity index is 1.97. The Morgan fingerprint density at radius 1 is 1.09 bits per heavy atom. The molecule has 1 saturated heterocycles. The van der Waals surface area contributed by atoms with Crippen LogP contribution in [0.3, 0.4) is 0 Å². The number of nitrogens with zero attached hydrogens (tertiary/aromatic N) is 3. The van der Waals surface area contributed by atoms with Crippen LogP contribution in [0, 0.1) is 13.8 Å². The monoisotopic (exact) mass is 298 g/mol. The molecule has 0 radical (unpaired) electrons. The standard InChI is InChI=1S/C17H22N4O/c1-12-16(21-9-7-18-8-10-21)13(2)20-17(19-12)14-5-4-6-15(11-14)22-3/h4-6,11,18H,7-10H2,1-3H3. The minimum Gasteiger partial charge on any atom is -0.497 e. The van der Waals surface area contributed by atoms with Gasteiger partial charge < -0.3 is 15.0 Å². The fraction of sp³-hybridized carbons (Fsp3) is 0.412. The van der Waals surface area contributed by atoms with Crippen molar-refractivity contribution in [3.8, 4) is 17.1 Å². The van der Waals surface area contributed by atoms with Crippen molar-refractivity contribution in [2.24, 2.45) is 0 Å². The molecule has 22 heavy (non-hydrogen) atoms. The third-order valence-electron chi connectivity index (χ3n) is 3.99. The molecule has 1 N–H and O–H groups in total. The lowest BCUT2D eigenvalue weighted by atomic mass is 10.1. The molecule has 1 aliphatic rings. The normalized spacial score (nSPS) is 15.0. The van der Waals surface area contributed by atoms with Gasteiger partial charge in [0.15, 0.2) is 5.82 Å². The number of ether oxygens (including phenoxy) is 1. The molecule has 116 valence electrons. The van der Waals surface area contributed by atoms with Crippen molar-refractivity contribution < 1.29 is 4.74 Å². The van der Waals surface area contributed by atoms with Crippen LogP contribution in [0.25, 0.3) is 11.4 Å². The van der Waals surface area contributed by atoms with E-state index in [0.29, 0.717) is 0 Å². The van der Waals surface area contributed by atoms with Crippen LogP contribution >= 0.6 is 0 Å². The second kappa shape index (κ2) is 6.32. The van der Waals surface area contributed by atoms with Crippen LogP contribution in [0.2, 0.25) is 0 Å². The largest absolute Gasteiger partial charge is 0.497 e. The molecular weight excluding hydrogens is 276 g/mol. The minimum absolute atomic E-state index is 0.757. The number of benzene rings is 1. The number of rotatable bonds is 3. The zero-order valence-corrected chi connectivity index (χ0v) is 13.4. The van der Waals surface area contributed by atoms with Gasteiger partial charge in [-0.15, -0.1) is 0 Å². The van der Waals surface area contributed by atoms with Crippen LogP contribution in [0.4, 0.5) is 5.69 Å². The number of anilines is 1. The Bertz CT molecular complexity index is 642. The van der Waals surface area contributed by atoms with E-state index in [-0.39, 0.29) is 0 Å². The van der Waals surface area contributed by atoms with Gasteiger partial charge in [-0.05, 0) is 26.0 Å². The highest BCUT2D eigenvalue weighted by molar-refractivity contribution is 5.62. The third-order valence-corrected chi connectivity index (χ3v) is 3.99. The molecule has 0 unspecified atom stereocenters. The van der Waals surface area contributed by atoms with E-state index >= 15 is 0 Å². The molecule has 0 aliphatic carbocycles. The van der Waals surface area contributed by atoms with E-state index in [9.17, 15) is 0 Å². The Hall–Kier alpha value is -2.14. The summed E-state index contributed by atoms with van der Waals surface area (Å²) in [4.78, 5) is 11.8. The summed E-state index contributed by atoms with van der Waals surface area (Å²) in [6, 6.07) is 7.88. The van der Waals surface area contributed by atoms with E-state index in [1.54, 1.807) is 7.11 Å². The van der Waals surface area contributed by atoms with Crippen LogP contribution < -0.4 is 15.0 Å². The van der Waals surface area contributed by atoms with Gasteiger partial charge in [-0.25, -0.2) is 9.97 Å². The molecule has 2 aromatic rings. The first kappa shape index (κ1) is 14.8. The summed E-state index contributed by atoms with van der Waals surface area (Å²) in [5.41, 5.74) is 4.23. The maximum absolute atomic E-state index is 5.28. The topological polar surface area (TPSA) is 50.3 Å². The van der Waals surface area contributed by atoms with Crippen molar-refractivity contribution in [2.75, 3.05) is 38.2 Å². The molecule has 1 fully saturated rings. The van der Waals surface area contributed by atoms with Crippen LogP contribution in [-0.4, -0.2) is 43.3 Å². The molecule has 0 atom stereocenters. The van der Waals surface area contributed by atoms with Gasteiger partial charge in [-0.1, -0.05) is 12.1 Å². The van der Waals surface area contributed by atoms with Crippen molar-refractivity contribution >= 4 is 5.69 Å². The zero-order valence-electron chi connectivity index (χ0n) is 13.4. The summed E-state index contributed by atoms with van der Waals surface area (Å²) in [6.07, 6.45) is 0. The second-order valence-electron chi connectivity index (χ2n) is 5.54. The lowest BCUT2D eigenvalue weighted by molar-refractivity contribution is 0.415. The van der Waals surface area contributed by atoms with E-state index < -0.39 is 0 Å². The first-order valence-corrected chi connectivity index (χ1v) is 7.64. The van der Waals surface area contributed by atoms with Crippen molar-refractivity contribution in [1.82, 2.24) is 15.3 Å². The first-order chi connectivity index (χ1) is 10.7. The van der Waals surface area contributed by atoms with Gasteiger partial charge >= 0.3 is 0 Å². The molecule has 5 heteroatoms. The summed E-state index contributed by atoms with van der Waals surface area (Å²) in [6.45, 7) is 8.16. The lowest BCUT2D eigenvalue weighted by Gasteiger charge is -2.31. The first-order valence-electron chi connectivity index (χ1n) is 7.64. The van der Waals surface area contributed by atoms with Crippen LogP contribution in [-0.2, 0) is 0 Å². The molecule has 0 spiro atoms. The molecule has 0 saturated carbocycles. The smallest absolute Gasteiger partial charge is 0.159 e. The van der Waals surface area contributed by atoms with Crippen LogP contribution in [0.1, 0.15) is 11.4 Å². The maximum atomic E-state index is 5.28. The van der Waals surface area contributed by atoms with Gasteiger partial charge in [-0.3, -0.25) is 0 Å². The average Bonchev–Trinajstić information content (AvgIpc) is 2.55. The molecule has 0 amide bonds. The van der Waals surface area contributed by atoms with E-state index in [2.05, 4.69) is 24.1 Å². The Morgan fingerprint density at radius 3 is 2.41 bits per heavy atom. The second-order valence-corrected chi connectivity index (χ2v) is 5.54. The molecular formula is C17H22N4O. The predicted molar refractivity (Wildman–Crippen MR) is 88.6 cm³/mol. The molecule has 1 aliphatic heterocycles. The van der Waals surface area contributed by atoms with Gasteiger partial charge in [0.1, 0.15) is 5.75 Å². The van der Waals surface area contributed by atoms with Crippen molar-refractivity contribution in [3.05, 3.63) is 35.7 Å². The van der Waals surface area contributed by atoms with Crippen molar-refractivity contribution in [3.63, 3.8) is 0 Å². The SMILES string of the molecule is COc1cccc(-c2nc(C)c(N3CCNCC3)c(C)n2)c1. The van der Waals surface area contributed by atoms with Crippen LogP contribution in [0.15, 0.2) is 24.3 Å². The van der Waals surface area contributed by atoms with Gasteiger partial charge in [-0.2, -0.15) is 0 Å². The maximum Gasteiger partial charge on any atom is 0.159 e. The summed E-state index contributed by atoms with van der Waals surface area (Å²) < 4.78 is 5.28. The molecule has 0 bridgehead atoms. The highest BCUT2D eigenvalue weighted by atomic mass is 16.5. The molecule has 5 nitrogen and oxygen atoms in total. The number of nitrogens with one attached hydrogen (secondary N) is 1. The molecule has 2 heterocycles. The van der Waals surface area contributed by atoms with Gasteiger partial charge in [0.05, 0.1) is 24.2 Å². The summed E-state index contributed by atoms with van der Waals surface area (Å²) in [5, 5.41) is 3.38. The number of methoxy groups -OCH3 is 1. The number of aryl methyl sites for hydroxylation is 2. The number of hydrogen-bond acceptors (Lipinski definition) is 5. The highest BCUT2D eigenvalue weighted by Crippen LogP contribution is 2.27.